The Bertz CT molecular complexity index is 899. The molecule has 1 fully saturated rings. The number of nitrogens with zero attached hydrogens (tertiary/aromatic N) is 1. The fraction of sp³-hybridized carbons (Fsp3) is 0.200. The summed E-state index contributed by atoms with van der Waals surface area (Å²) in [4.78, 5) is 26.6. The van der Waals surface area contributed by atoms with Gasteiger partial charge in [0.1, 0.15) is 11.6 Å². The van der Waals surface area contributed by atoms with Crippen LogP contribution < -0.4 is 5.73 Å². The molecule has 1 heterocycles. The van der Waals surface area contributed by atoms with Crippen molar-refractivity contribution in [3.63, 3.8) is 0 Å². The number of aliphatic hydroxyl groups is 1. The lowest BCUT2D eigenvalue weighted by Crippen LogP contribution is -2.31. The van der Waals surface area contributed by atoms with E-state index in [0.29, 0.717) is 29.1 Å². The van der Waals surface area contributed by atoms with Crippen LogP contribution in [0.3, 0.4) is 0 Å². The number of hydrogen-bond acceptors (Lipinski definition) is 4. The minimum absolute atomic E-state index is 0. The van der Waals surface area contributed by atoms with E-state index in [4.69, 9.17) is 17.3 Å². The predicted molar refractivity (Wildman–Crippen MR) is 108 cm³/mol. The van der Waals surface area contributed by atoms with Gasteiger partial charge in [0.05, 0.1) is 11.6 Å². The van der Waals surface area contributed by atoms with Crippen LogP contribution in [0.2, 0.25) is 5.02 Å². The maximum absolute atomic E-state index is 13.3. The van der Waals surface area contributed by atoms with Crippen molar-refractivity contribution in [1.29, 1.82) is 0 Å². The average Bonchev–Trinajstić information content (AvgIpc) is 2.91. The maximum atomic E-state index is 13.3. The number of benzene rings is 2. The number of amides is 1. The number of carbonyl (C=O) groups excluding carboxylic acids is 2. The van der Waals surface area contributed by atoms with Crippen molar-refractivity contribution in [2.45, 2.75) is 12.5 Å². The molecule has 0 saturated carbocycles. The first kappa shape index (κ1) is 21.9. The molecule has 1 unspecified atom stereocenters. The van der Waals surface area contributed by atoms with E-state index in [1.807, 2.05) is 0 Å². The molecule has 5 nitrogen and oxygen atoms in total. The first-order valence-electron chi connectivity index (χ1n) is 8.44. The highest BCUT2D eigenvalue weighted by Crippen LogP contribution is 2.39. The Kier molecular flexibility index (Phi) is 7.18. The fourth-order valence-electron chi connectivity index (χ4n) is 3.13. The number of halogens is 3. The average molecular weight is 425 g/mol. The maximum Gasteiger partial charge on any atom is 0.295 e. The van der Waals surface area contributed by atoms with Gasteiger partial charge in [-0.3, -0.25) is 9.59 Å². The molecule has 0 aromatic heterocycles. The summed E-state index contributed by atoms with van der Waals surface area (Å²) in [5, 5.41) is 11.2. The summed E-state index contributed by atoms with van der Waals surface area (Å²) >= 11 is 5.87. The first-order valence-corrected chi connectivity index (χ1v) is 8.81. The Hall–Kier alpha value is -2.41. The van der Waals surface area contributed by atoms with Crippen LogP contribution in [0, 0.1) is 5.82 Å². The summed E-state index contributed by atoms with van der Waals surface area (Å²) < 4.78 is 13.3. The summed E-state index contributed by atoms with van der Waals surface area (Å²) in [7, 11) is 0. The van der Waals surface area contributed by atoms with Gasteiger partial charge in [0, 0.05) is 17.1 Å². The molecule has 1 amide bonds. The van der Waals surface area contributed by atoms with E-state index in [1.165, 1.54) is 29.2 Å². The van der Waals surface area contributed by atoms with Crippen LogP contribution in [0.4, 0.5) is 4.39 Å². The van der Waals surface area contributed by atoms with Gasteiger partial charge in [0.2, 0.25) is 0 Å². The Balaban J connectivity index is 0.00000280. The Morgan fingerprint density at radius 2 is 1.71 bits per heavy atom. The van der Waals surface area contributed by atoms with E-state index in [9.17, 15) is 19.1 Å². The number of nitrogens with two attached hydrogens (primary N) is 1. The summed E-state index contributed by atoms with van der Waals surface area (Å²) in [6.07, 6.45) is 0.492. The molecule has 0 radical (unpaired) electrons. The monoisotopic (exact) mass is 424 g/mol. The summed E-state index contributed by atoms with van der Waals surface area (Å²) in [6.45, 7) is 0.594. The van der Waals surface area contributed by atoms with Gasteiger partial charge in [-0.25, -0.2) is 4.39 Å². The molecule has 28 heavy (non-hydrogen) atoms. The van der Waals surface area contributed by atoms with Gasteiger partial charge < -0.3 is 15.7 Å². The van der Waals surface area contributed by atoms with Crippen molar-refractivity contribution in [3.05, 3.63) is 76.1 Å². The predicted octanol–water partition coefficient (Wildman–Crippen LogP) is 3.67. The zero-order valence-corrected chi connectivity index (χ0v) is 16.3. The second kappa shape index (κ2) is 9.19. The lowest BCUT2D eigenvalue weighted by Gasteiger charge is -2.25. The fourth-order valence-corrected chi connectivity index (χ4v) is 3.25. The molecular formula is C20H19Cl2FN2O3. The van der Waals surface area contributed by atoms with Gasteiger partial charge in [0.15, 0.2) is 0 Å². The van der Waals surface area contributed by atoms with Crippen LogP contribution in [0.15, 0.2) is 54.1 Å². The highest BCUT2D eigenvalue weighted by Gasteiger charge is 2.45. The van der Waals surface area contributed by atoms with E-state index < -0.39 is 23.5 Å². The molecule has 0 spiro atoms. The van der Waals surface area contributed by atoms with Gasteiger partial charge >= 0.3 is 0 Å². The molecule has 1 atom stereocenters. The number of Topliss-reactive ketones (excluding diaryl/α,β-unsaturated/α-hetero) is 1. The van der Waals surface area contributed by atoms with E-state index >= 15 is 0 Å². The van der Waals surface area contributed by atoms with Crippen LogP contribution in [0.1, 0.15) is 23.6 Å². The molecule has 3 N–H and O–H groups in total. The number of carbonyl (C=O) groups is 2. The summed E-state index contributed by atoms with van der Waals surface area (Å²) in [5.41, 5.74) is 6.40. The number of hydrogen-bond donors (Lipinski definition) is 2. The van der Waals surface area contributed by atoms with Gasteiger partial charge in [-0.2, -0.15) is 0 Å². The summed E-state index contributed by atoms with van der Waals surface area (Å²) in [5.74, 6) is -2.23. The number of aliphatic hydroxyl groups excluding tert-OH is 1. The van der Waals surface area contributed by atoms with Crippen LogP contribution >= 0.6 is 24.0 Å². The number of likely N-dealkylation sites (tertiary alicyclic amines) is 1. The molecule has 1 aliphatic rings. The van der Waals surface area contributed by atoms with Crippen molar-refractivity contribution in [2.24, 2.45) is 5.73 Å². The first-order chi connectivity index (χ1) is 12.9. The molecule has 0 bridgehead atoms. The van der Waals surface area contributed by atoms with Crippen LogP contribution in [-0.2, 0) is 9.59 Å². The van der Waals surface area contributed by atoms with Crippen molar-refractivity contribution in [1.82, 2.24) is 4.90 Å². The van der Waals surface area contributed by atoms with Crippen molar-refractivity contribution in [3.8, 4) is 0 Å². The zero-order chi connectivity index (χ0) is 19.6. The molecule has 0 aliphatic carbocycles. The lowest BCUT2D eigenvalue weighted by atomic mass is 9.95. The second-order valence-electron chi connectivity index (χ2n) is 6.19. The zero-order valence-electron chi connectivity index (χ0n) is 14.8. The van der Waals surface area contributed by atoms with Crippen LogP contribution in [-0.4, -0.2) is 34.8 Å². The molecule has 2 aromatic rings. The number of ketones is 1. The Labute approximate surface area is 173 Å². The van der Waals surface area contributed by atoms with E-state index in [0.717, 1.165) is 0 Å². The minimum Gasteiger partial charge on any atom is -0.507 e. The van der Waals surface area contributed by atoms with Crippen molar-refractivity contribution in [2.75, 3.05) is 13.1 Å². The molecule has 8 heteroatoms. The smallest absolute Gasteiger partial charge is 0.295 e. The van der Waals surface area contributed by atoms with E-state index in [-0.39, 0.29) is 30.3 Å². The second-order valence-corrected chi connectivity index (χ2v) is 6.63. The standard InChI is InChI=1S/C20H18ClFN2O3.ClH/c21-14-6-2-13(3-7-14)18(25)16-17(12-4-8-15(22)9-5-12)24(11-1-10-23)20(27)19(16)26;/h2-9,17,25H,1,10-11,23H2;1H. The summed E-state index contributed by atoms with van der Waals surface area (Å²) in [6, 6.07) is 11.0. The third-order valence-corrected chi connectivity index (χ3v) is 4.70. The van der Waals surface area contributed by atoms with Crippen LogP contribution in [0.25, 0.3) is 5.76 Å². The third-order valence-electron chi connectivity index (χ3n) is 4.45. The molecule has 1 saturated heterocycles. The Morgan fingerprint density at radius 1 is 1.11 bits per heavy atom. The van der Waals surface area contributed by atoms with E-state index in [1.54, 1.807) is 24.3 Å². The van der Waals surface area contributed by atoms with Crippen molar-refractivity contribution >= 4 is 41.5 Å². The molecular weight excluding hydrogens is 406 g/mol. The van der Waals surface area contributed by atoms with Gasteiger partial charge in [-0.15, -0.1) is 12.4 Å². The Morgan fingerprint density at radius 3 is 2.29 bits per heavy atom. The normalized spacial score (nSPS) is 18.2. The quantitative estimate of drug-likeness (QED) is 0.435. The molecule has 1 aliphatic heterocycles. The third kappa shape index (κ3) is 4.19. The van der Waals surface area contributed by atoms with Crippen LogP contribution in [0.5, 0.6) is 0 Å². The highest BCUT2D eigenvalue weighted by molar-refractivity contribution is 6.46. The molecule has 3 rings (SSSR count). The van der Waals surface area contributed by atoms with Gasteiger partial charge in [-0.1, -0.05) is 23.7 Å². The highest BCUT2D eigenvalue weighted by atomic mass is 35.5. The van der Waals surface area contributed by atoms with E-state index in [2.05, 4.69) is 0 Å². The largest absolute Gasteiger partial charge is 0.507 e. The van der Waals surface area contributed by atoms with Gasteiger partial charge in [-0.05, 0) is 54.9 Å². The van der Waals surface area contributed by atoms with Crippen molar-refractivity contribution < 1.29 is 19.1 Å². The molecule has 148 valence electrons. The molecule has 2 aromatic carbocycles. The lowest BCUT2D eigenvalue weighted by molar-refractivity contribution is -0.139. The minimum atomic E-state index is -0.812. The number of rotatable bonds is 5. The van der Waals surface area contributed by atoms with Gasteiger partial charge in [0.25, 0.3) is 11.7 Å². The SMILES string of the molecule is Cl.NCCCN1C(=O)C(=O)C(=C(O)c2ccc(Cl)cc2)C1c1ccc(F)cc1. The topological polar surface area (TPSA) is 83.6 Å².